The van der Waals surface area contributed by atoms with Crippen LogP contribution in [0.2, 0.25) is 0 Å². The number of rotatable bonds is 8. The van der Waals surface area contributed by atoms with E-state index in [0.29, 0.717) is 12.1 Å². The van der Waals surface area contributed by atoms with Gasteiger partial charge in [0.25, 0.3) is 0 Å². The fraction of sp³-hybridized carbons (Fsp3) is 0.684. The number of aliphatic hydroxyl groups excluding tert-OH is 1. The summed E-state index contributed by atoms with van der Waals surface area (Å²) >= 11 is 0. The highest BCUT2D eigenvalue weighted by atomic mass is 16.5. The molecule has 124 valence electrons. The van der Waals surface area contributed by atoms with E-state index in [1.165, 1.54) is 24.8 Å². The van der Waals surface area contributed by atoms with Crippen LogP contribution in [0, 0.1) is 0 Å². The molecule has 22 heavy (non-hydrogen) atoms. The molecule has 3 atom stereocenters. The van der Waals surface area contributed by atoms with Crippen molar-refractivity contribution in [3.8, 4) is 0 Å². The fourth-order valence-corrected chi connectivity index (χ4v) is 3.50. The van der Waals surface area contributed by atoms with Crippen molar-refractivity contribution in [2.45, 2.75) is 64.2 Å². The Morgan fingerprint density at radius 3 is 2.64 bits per heavy atom. The Morgan fingerprint density at radius 1 is 1.23 bits per heavy atom. The predicted molar refractivity (Wildman–Crippen MR) is 91.1 cm³/mol. The molecule has 2 rings (SSSR count). The van der Waals surface area contributed by atoms with Gasteiger partial charge in [0.05, 0.1) is 18.8 Å². The first-order valence-electron chi connectivity index (χ1n) is 8.78. The number of benzene rings is 1. The molecule has 0 aromatic heterocycles. The number of hydrogen-bond acceptors (Lipinski definition) is 3. The Balaban J connectivity index is 1.86. The van der Waals surface area contributed by atoms with Crippen molar-refractivity contribution in [3.63, 3.8) is 0 Å². The van der Waals surface area contributed by atoms with Gasteiger partial charge in [0.15, 0.2) is 0 Å². The van der Waals surface area contributed by atoms with E-state index in [2.05, 4.69) is 42.2 Å². The molecule has 0 heterocycles. The SMILES string of the molecule is CCN(C[C@@H](C)O)[C@@H]1CCCC[C@H]1OCCc1ccccc1. The predicted octanol–water partition coefficient (Wildman–Crippen LogP) is 3.26. The maximum atomic E-state index is 9.71. The molecule has 1 aromatic rings. The lowest BCUT2D eigenvalue weighted by atomic mass is 9.91. The smallest absolute Gasteiger partial charge is 0.0730 e. The number of likely N-dealkylation sites (N-methyl/N-ethyl adjacent to an activating group) is 1. The molecular weight excluding hydrogens is 274 g/mol. The monoisotopic (exact) mass is 305 g/mol. The Hall–Kier alpha value is -0.900. The zero-order valence-corrected chi connectivity index (χ0v) is 14.1. The second-order valence-electron chi connectivity index (χ2n) is 6.43. The zero-order valence-electron chi connectivity index (χ0n) is 14.1. The van der Waals surface area contributed by atoms with Crippen molar-refractivity contribution in [2.75, 3.05) is 19.7 Å². The summed E-state index contributed by atoms with van der Waals surface area (Å²) in [7, 11) is 0. The average Bonchev–Trinajstić information content (AvgIpc) is 2.54. The number of hydrogen-bond donors (Lipinski definition) is 1. The van der Waals surface area contributed by atoms with Gasteiger partial charge in [-0.1, -0.05) is 50.1 Å². The van der Waals surface area contributed by atoms with Crippen molar-refractivity contribution >= 4 is 0 Å². The van der Waals surface area contributed by atoms with Crippen molar-refractivity contribution in [3.05, 3.63) is 35.9 Å². The van der Waals surface area contributed by atoms with Crippen LogP contribution in [0.4, 0.5) is 0 Å². The maximum Gasteiger partial charge on any atom is 0.0730 e. The van der Waals surface area contributed by atoms with Crippen LogP contribution >= 0.6 is 0 Å². The standard InChI is InChI=1S/C19H31NO2/c1-3-20(15-16(2)21)18-11-7-8-12-19(18)22-14-13-17-9-5-4-6-10-17/h4-6,9-10,16,18-19,21H,3,7-8,11-15H2,1-2H3/t16-,18-,19-/m1/s1. The van der Waals surface area contributed by atoms with Gasteiger partial charge in [0, 0.05) is 12.6 Å². The second-order valence-corrected chi connectivity index (χ2v) is 6.43. The van der Waals surface area contributed by atoms with Crippen LogP contribution < -0.4 is 0 Å². The molecule has 0 spiro atoms. The number of nitrogens with zero attached hydrogens (tertiary/aromatic N) is 1. The summed E-state index contributed by atoms with van der Waals surface area (Å²) in [6, 6.07) is 11.0. The van der Waals surface area contributed by atoms with Crippen LogP contribution in [0.5, 0.6) is 0 Å². The van der Waals surface area contributed by atoms with Crippen molar-refractivity contribution < 1.29 is 9.84 Å². The van der Waals surface area contributed by atoms with E-state index in [9.17, 15) is 5.11 Å². The molecule has 1 fully saturated rings. The van der Waals surface area contributed by atoms with Crippen LogP contribution in [-0.4, -0.2) is 48.0 Å². The summed E-state index contributed by atoms with van der Waals surface area (Å²) in [6.07, 6.45) is 5.90. The molecule has 0 radical (unpaired) electrons. The molecule has 0 unspecified atom stereocenters. The highest BCUT2D eigenvalue weighted by molar-refractivity contribution is 5.14. The van der Waals surface area contributed by atoms with E-state index >= 15 is 0 Å². The van der Waals surface area contributed by atoms with E-state index in [-0.39, 0.29) is 6.10 Å². The topological polar surface area (TPSA) is 32.7 Å². The Kier molecular flexibility index (Phi) is 7.37. The van der Waals surface area contributed by atoms with Gasteiger partial charge in [0.2, 0.25) is 0 Å². The van der Waals surface area contributed by atoms with Gasteiger partial charge in [-0.05, 0) is 38.3 Å². The molecular formula is C19H31NO2. The highest BCUT2D eigenvalue weighted by Gasteiger charge is 2.30. The zero-order chi connectivity index (χ0) is 15.8. The van der Waals surface area contributed by atoms with Gasteiger partial charge in [-0.15, -0.1) is 0 Å². The van der Waals surface area contributed by atoms with Crippen LogP contribution in [0.3, 0.4) is 0 Å². The lowest BCUT2D eigenvalue weighted by Gasteiger charge is -2.40. The van der Waals surface area contributed by atoms with E-state index in [4.69, 9.17) is 4.74 Å². The van der Waals surface area contributed by atoms with Gasteiger partial charge >= 0.3 is 0 Å². The summed E-state index contributed by atoms with van der Waals surface area (Å²) in [6.45, 7) is 6.57. The van der Waals surface area contributed by atoms with E-state index in [0.717, 1.165) is 32.5 Å². The second kappa shape index (κ2) is 9.29. The molecule has 1 N–H and O–H groups in total. The summed E-state index contributed by atoms with van der Waals surface area (Å²) in [4.78, 5) is 2.40. The van der Waals surface area contributed by atoms with Crippen LogP contribution in [0.25, 0.3) is 0 Å². The number of ether oxygens (including phenoxy) is 1. The van der Waals surface area contributed by atoms with E-state index in [1.54, 1.807) is 0 Å². The van der Waals surface area contributed by atoms with Gasteiger partial charge in [-0.25, -0.2) is 0 Å². The minimum Gasteiger partial charge on any atom is -0.392 e. The normalized spacial score (nSPS) is 23.6. The molecule has 1 aromatic carbocycles. The minimum absolute atomic E-state index is 0.271. The quantitative estimate of drug-likeness (QED) is 0.800. The molecule has 0 amide bonds. The molecule has 0 bridgehead atoms. The summed E-state index contributed by atoms with van der Waals surface area (Å²) in [5.74, 6) is 0. The first-order chi connectivity index (χ1) is 10.7. The lowest BCUT2D eigenvalue weighted by Crippen LogP contribution is -2.49. The summed E-state index contributed by atoms with van der Waals surface area (Å²) in [5.41, 5.74) is 1.34. The van der Waals surface area contributed by atoms with Crippen molar-refractivity contribution in [2.24, 2.45) is 0 Å². The first-order valence-corrected chi connectivity index (χ1v) is 8.78. The first kappa shape index (κ1) is 17.5. The third-order valence-electron chi connectivity index (χ3n) is 4.61. The minimum atomic E-state index is -0.271. The van der Waals surface area contributed by atoms with Crippen molar-refractivity contribution in [1.82, 2.24) is 4.90 Å². The summed E-state index contributed by atoms with van der Waals surface area (Å²) in [5, 5.41) is 9.71. The van der Waals surface area contributed by atoms with Gasteiger partial charge in [0.1, 0.15) is 0 Å². The molecule has 3 heteroatoms. The van der Waals surface area contributed by atoms with E-state index < -0.39 is 0 Å². The Morgan fingerprint density at radius 2 is 1.95 bits per heavy atom. The average molecular weight is 305 g/mol. The molecule has 3 nitrogen and oxygen atoms in total. The lowest BCUT2D eigenvalue weighted by molar-refractivity contribution is -0.0427. The largest absolute Gasteiger partial charge is 0.392 e. The molecule has 0 aliphatic heterocycles. The van der Waals surface area contributed by atoms with Gasteiger partial charge < -0.3 is 9.84 Å². The van der Waals surface area contributed by atoms with Gasteiger partial charge in [-0.3, -0.25) is 4.90 Å². The van der Waals surface area contributed by atoms with Crippen molar-refractivity contribution in [1.29, 1.82) is 0 Å². The Labute approximate surface area is 135 Å². The Bertz CT molecular complexity index is 407. The summed E-state index contributed by atoms with van der Waals surface area (Å²) < 4.78 is 6.24. The third kappa shape index (κ3) is 5.38. The van der Waals surface area contributed by atoms with Crippen LogP contribution in [0.15, 0.2) is 30.3 Å². The molecule has 1 aliphatic rings. The van der Waals surface area contributed by atoms with Gasteiger partial charge in [-0.2, -0.15) is 0 Å². The molecule has 0 saturated heterocycles. The van der Waals surface area contributed by atoms with Crippen LogP contribution in [-0.2, 0) is 11.2 Å². The molecule has 1 aliphatic carbocycles. The van der Waals surface area contributed by atoms with E-state index in [1.807, 2.05) is 6.92 Å². The molecule has 1 saturated carbocycles. The third-order valence-corrected chi connectivity index (χ3v) is 4.61. The van der Waals surface area contributed by atoms with Crippen LogP contribution in [0.1, 0.15) is 45.1 Å². The number of aliphatic hydroxyl groups is 1. The maximum absolute atomic E-state index is 9.71. The fourth-order valence-electron chi connectivity index (χ4n) is 3.50. The highest BCUT2D eigenvalue weighted by Crippen LogP contribution is 2.26.